The van der Waals surface area contributed by atoms with Crippen molar-refractivity contribution in [2.24, 2.45) is 0 Å². The molecule has 32 heavy (non-hydrogen) atoms. The first-order valence-electron chi connectivity index (χ1n) is 10.6. The van der Waals surface area contributed by atoms with Crippen molar-refractivity contribution < 1.29 is 22.7 Å². The topological polar surface area (TPSA) is 76.2 Å². The Labute approximate surface area is 189 Å². The number of ether oxygens (including phenoxy) is 2. The first-order valence-corrected chi connectivity index (χ1v) is 12.1. The van der Waals surface area contributed by atoms with Crippen LogP contribution in [0.25, 0.3) is 6.08 Å². The molecule has 2 aliphatic heterocycles. The fourth-order valence-corrected chi connectivity index (χ4v) is 6.13. The van der Waals surface area contributed by atoms with Gasteiger partial charge in [0.15, 0.2) is 11.5 Å². The average Bonchev–Trinajstić information content (AvgIpc) is 3.24. The van der Waals surface area contributed by atoms with Crippen LogP contribution in [-0.4, -0.2) is 56.5 Å². The summed E-state index contributed by atoms with van der Waals surface area (Å²) >= 11 is 0. The number of amides is 1. The zero-order chi connectivity index (χ0) is 23.0. The van der Waals surface area contributed by atoms with E-state index in [-0.39, 0.29) is 25.8 Å². The minimum Gasteiger partial charge on any atom is -0.454 e. The van der Waals surface area contributed by atoms with E-state index in [0.717, 1.165) is 27.8 Å². The lowest BCUT2D eigenvalue weighted by molar-refractivity contribution is -0.127. The second kappa shape index (κ2) is 8.60. The number of nitrogens with zero attached hydrogens (tertiary/aromatic N) is 2. The molecule has 170 valence electrons. The van der Waals surface area contributed by atoms with Gasteiger partial charge < -0.3 is 14.4 Å². The monoisotopic (exact) mass is 456 g/mol. The van der Waals surface area contributed by atoms with Crippen molar-refractivity contribution >= 4 is 22.0 Å². The summed E-state index contributed by atoms with van der Waals surface area (Å²) in [5, 5.41) is 0. The third-order valence-corrected chi connectivity index (χ3v) is 8.43. The van der Waals surface area contributed by atoms with E-state index in [1.807, 2.05) is 52.0 Å². The SMILES string of the molecule is Cc1cc(C)c(C)c(S(=O)(=O)N2CCN(C(=O)/C=C/c3ccc4c(c3)OCO4)CC2)c1C. The Morgan fingerprint density at radius 1 is 0.906 bits per heavy atom. The Balaban J connectivity index is 1.43. The normalized spacial score (nSPS) is 16.7. The molecule has 0 bridgehead atoms. The Morgan fingerprint density at radius 2 is 1.53 bits per heavy atom. The number of carbonyl (C=O) groups is 1. The second-order valence-corrected chi connectivity index (χ2v) is 10.1. The highest BCUT2D eigenvalue weighted by Crippen LogP contribution is 2.33. The van der Waals surface area contributed by atoms with Crippen LogP contribution >= 0.6 is 0 Å². The summed E-state index contributed by atoms with van der Waals surface area (Å²) in [7, 11) is -3.63. The maximum atomic E-state index is 13.4. The Morgan fingerprint density at radius 3 is 2.19 bits per heavy atom. The molecule has 0 atom stereocenters. The molecule has 1 saturated heterocycles. The summed E-state index contributed by atoms with van der Waals surface area (Å²) in [5.74, 6) is 1.22. The number of rotatable bonds is 4. The van der Waals surface area contributed by atoms with Crippen molar-refractivity contribution in [3.63, 3.8) is 0 Å². The fourth-order valence-electron chi connectivity index (χ4n) is 4.14. The van der Waals surface area contributed by atoms with Gasteiger partial charge in [0, 0.05) is 32.3 Å². The van der Waals surface area contributed by atoms with Gasteiger partial charge in [-0.1, -0.05) is 12.1 Å². The number of piperazine rings is 1. The van der Waals surface area contributed by atoms with Gasteiger partial charge in [0.1, 0.15) is 0 Å². The summed E-state index contributed by atoms with van der Waals surface area (Å²) in [6.07, 6.45) is 3.25. The maximum absolute atomic E-state index is 13.4. The van der Waals surface area contributed by atoms with Crippen LogP contribution in [0.2, 0.25) is 0 Å². The van der Waals surface area contributed by atoms with E-state index in [4.69, 9.17) is 9.47 Å². The molecule has 0 aliphatic carbocycles. The highest BCUT2D eigenvalue weighted by Gasteiger charge is 2.32. The average molecular weight is 457 g/mol. The number of aryl methyl sites for hydroxylation is 2. The lowest BCUT2D eigenvalue weighted by Gasteiger charge is -2.34. The summed E-state index contributed by atoms with van der Waals surface area (Å²) in [6, 6.07) is 7.52. The minimum absolute atomic E-state index is 0.140. The third kappa shape index (κ3) is 4.12. The van der Waals surface area contributed by atoms with E-state index < -0.39 is 10.0 Å². The highest BCUT2D eigenvalue weighted by atomic mass is 32.2. The molecule has 4 rings (SSSR count). The number of hydrogen-bond donors (Lipinski definition) is 0. The number of sulfonamides is 1. The fraction of sp³-hybridized carbons (Fsp3) is 0.375. The van der Waals surface area contributed by atoms with Crippen LogP contribution in [-0.2, 0) is 14.8 Å². The molecular formula is C24H28N2O5S. The number of carbonyl (C=O) groups excluding carboxylic acids is 1. The van der Waals surface area contributed by atoms with Crippen LogP contribution in [0.1, 0.15) is 27.8 Å². The highest BCUT2D eigenvalue weighted by molar-refractivity contribution is 7.89. The summed E-state index contributed by atoms with van der Waals surface area (Å²) in [5.41, 5.74) is 4.35. The van der Waals surface area contributed by atoms with Gasteiger partial charge in [-0.05, 0) is 73.7 Å². The predicted molar refractivity (Wildman–Crippen MR) is 122 cm³/mol. The van der Waals surface area contributed by atoms with Gasteiger partial charge in [-0.25, -0.2) is 8.42 Å². The Bertz CT molecular complexity index is 1170. The molecule has 8 heteroatoms. The van der Waals surface area contributed by atoms with Crippen LogP contribution in [0.15, 0.2) is 35.2 Å². The summed E-state index contributed by atoms with van der Waals surface area (Å²) in [6.45, 7) is 9.04. The second-order valence-electron chi connectivity index (χ2n) is 8.26. The van der Waals surface area contributed by atoms with Gasteiger partial charge in [-0.2, -0.15) is 4.31 Å². The summed E-state index contributed by atoms with van der Waals surface area (Å²) in [4.78, 5) is 14.7. The van der Waals surface area contributed by atoms with Crippen molar-refractivity contribution in [2.45, 2.75) is 32.6 Å². The zero-order valence-corrected chi connectivity index (χ0v) is 19.7. The van der Waals surface area contributed by atoms with Crippen molar-refractivity contribution in [1.82, 2.24) is 9.21 Å². The van der Waals surface area contributed by atoms with Crippen LogP contribution in [0.3, 0.4) is 0 Å². The first kappa shape index (κ1) is 22.4. The van der Waals surface area contributed by atoms with E-state index in [1.54, 1.807) is 11.0 Å². The third-order valence-electron chi connectivity index (χ3n) is 6.26. The van der Waals surface area contributed by atoms with Crippen molar-refractivity contribution in [2.75, 3.05) is 33.0 Å². The molecule has 1 amide bonds. The van der Waals surface area contributed by atoms with E-state index >= 15 is 0 Å². The lowest BCUT2D eigenvalue weighted by Crippen LogP contribution is -2.50. The molecule has 2 aromatic rings. The van der Waals surface area contributed by atoms with E-state index in [9.17, 15) is 13.2 Å². The van der Waals surface area contributed by atoms with Crippen molar-refractivity contribution in [1.29, 1.82) is 0 Å². The largest absolute Gasteiger partial charge is 0.454 e. The maximum Gasteiger partial charge on any atom is 0.246 e. The molecule has 2 aromatic carbocycles. The minimum atomic E-state index is -3.63. The van der Waals surface area contributed by atoms with E-state index in [2.05, 4.69) is 0 Å². The number of benzene rings is 2. The van der Waals surface area contributed by atoms with Crippen LogP contribution in [0.4, 0.5) is 0 Å². The Kier molecular flexibility index (Phi) is 6.01. The molecular weight excluding hydrogens is 428 g/mol. The molecule has 0 aromatic heterocycles. The molecule has 7 nitrogen and oxygen atoms in total. The van der Waals surface area contributed by atoms with Gasteiger partial charge in [0.05, 0.1) is 4.90 Å². The van der Waals surface area contributed by atoms with Crippen LogP contribution < -0.4 is 9.47 Å². The summed E-state index contributed by atoms with van der Waals surface area (Å²) < 4.78 is 38.9. The number of fused-ring (bicyclic) bond motifs is 1. The van der Waals surface area contributed by atoms with E-state index in [1.165, 1.54) is 10.4 Å². The molecule has 0 unspecified atom stereocenters. The molecule has 2 aliphatic rings. The molecule has 0 saturated carbocycles. The number of hydrogen-bond acceptors (Lipinski definition) is 5. The Hall–Kier alpha value is -2.84. The molecule has 0 spiro atoms. The van der Waals surface area contributed by atoms with Gasteiger partial charge >= 0.3 is 0 Å². The smallest absolute Gasteiger partial charge is 0.246 e. The quantitative estimate of drug-likeness (QED) is 0.661. The molecule has 0 N–H and O–H groups in total. The van der Waals surface area contributed by atoms with Crippen molar-refractivity contribution in [3.8, 4) is 11.5 Å². The standard InChI is InChI=1S/C24H28N2O5S/c1-16-13-17(2)19(4)24(18(16)3)32(28,29)26-11-9-25(10-12-26)23(27)8-6-20-5-7-21-22(14-20)31-15-30-21/h5-8,13-14H,9-12,15H2,1-4H3/b8-6+. The van der Waals surface area contributed by atoms with Gasteiger partial charge in [-0.15, -0.1) is 0 Å². The van der Waals surface area contributed by atoms with Crippen molar-refractivity contribution in [3.05, 3.63) is 58.2 Å². The molecule has 1 fully saturated rings. The van der Waals surface area contributed by atoms with E-state index in [0.29, 0.717) is 29.5 Å². The van der Waals surface area contributed by atoms with Crippen LogP contribution in [0.5, 0.6) is 11.5 Å². The molecule has 0 radical (unpaired) electrons. The lowest BCUT2D eigenvalue weighted by atomic mass is 10.0. The van der Waals surface area contributed by atoms with Crippen LogP contribution in [0, 0.1) is 27.7 Å². The predicted octanol–water partition coefficient (Wildman–Crippen LogP) is 3.20. The van der Waals surface area contributed by atoms with Gasteiger partial charge in [0.25, 0.3) is 0 Å². The zero-order valence-electron chi connectivity index (χ0n) is 18.8. The molecule has 2 heterocycles. The van der Waals surface area contributed by atoms with Gasteiger partial charge in [0.2, 0.25) is 22.7 Å². The first-order chi connectivity index (χ1) is 15.2. The van der Waals surface area contributed by atoms with Gasteiger partial charge in [-0.3, -0.25) is 4.79 Å².